The van der Waals surface area contributed by atoms with Crippen LogP contribution in [0.3, 0.4) is 0 Å². The van der Waals surface area contributed by atoms with Gasteiger partial charge < -0.3 is 4.84 Å². The standard InChI is InChI=1S/C8H13NO/c1-2-4-8-6-10-9-5-7(8)3-1/h1-2,7-9H,3-6H2. The lowest BCUT2D eigenvalue weighted by molar-refractivity contribution is -0.0474. The molecule has 0 saturated carbocycles. The average Bonchev–Trinajstić information content (AvgIpc) is 2.05. The minimum Gasteiger partial charge on any atom is -0.301 e. The second-order valence-corrected chi connectivity index (χ2v) is 3.12. The lowest BCUT2D eigenvalue weighted by Gasteiger charge is -2.32. The minimum atomic E-state index is 0.784. The third kappa shape index (κ3) is 1.09. The third-order valence-corrected chi connectivity index (χ3v) is 2.46. The van der Waals surface area contributed by atoms with E-state index in [0.717, 1.165) is 25.0 Å². The first-order valence-electron chi connectivity index (χ1n) is 3.96. The monoisotopic (exact) mass is 139 g/mol. The molecule has 1 aliphatic carbocycles. The molecule has 1 fully saturated rings. The maximum absolute atomic E-state index is 5.16. The Balaban J connectivity index is 2.01. The van der Waals surface area contributed by atoms with E-state index in [2.05, 4.69) is 17.6 Å². The van der Waals surface area contributed by atoms with Crippen molar-refractivity contribution in [3.8, 4) is 0 Å². The lowest BCUT2D eigenvalue weighted by atomic mass is 9.83. The highest BCUT2D eigenvalue weighted by atomic mass is 16.6. The Morgan fingerprint density at radius 3 is 2.80 bits per heavy atom. The maximum Gasteiger partial charge on any atom is 0.0716 e. The van der Waals surface area contributed by atoms with Crippen LogP contribution in [0.1, 0.15) is 12.8 Å². The van der Waals surface area contributed by atoms with Gasteiger partial charge in [0.15, 0.2) is 0 Å². The van der Waals surface area contributed by atoms with Gasteiger partial charge in [0.05, 0.1) is 6.61 Å². The van der Waals surface area contributed by atoms with Crippen LogP contribution in [0.2, 0.25) is 0 Å². The van der Waals surface area contributed by atoms with Gasteiger partial charge in [0, 0.05) is 6.54 Å². The van der Waals surface area contributed by atoms with Gasteiger partial charge in [-0.2, -0.15) is 0 Å². The molecule has 1 N–H and O–H groups in total. The lowest BCUT2D eigenvalue weighted by Crippen LogP contribution is -2.38. The Morgan fingerprint density at radius 1 is 1.20 bits per heavy atom. The van der Waals surface area contributed by atoms with Gasteiger partial charge in [-0.05, 0) is 24.7 Å². The molecule has 0 aromatic rings. The molecule has 0 aromatic heterocycles. The summed E-state index contributed by atoms with van der Waals surface area (Å²) in [7, 11) is 0. The van der Waals surface area contributed by atoms with Gasteiger partial charge in [0.25, 0.3) is 0 Å². The van der Waals surface area contributed by atoms with E-state index in [1.807, 2.05) is 0 Å². The fourth-order valence-electron chi connectivity index (χ4n) is 1.71. The number of hydrogen-bond donors (Lipinski definition) is 1. The van der Waals surface area contributed by atoms with Crippen LogP contribution >= 0.6 is 0 Å². The van der Waals surface area contributed by atoms with Crippen molar-refractivity contribution < 1.29 is 4.84 Å². The summed E-state index contributed by atoms with van der Waals surface area (Å²) in [6.45, 7) is 1.93. The van der Waals surface area contributed by atoms with Crippen LogP contribution in [0.4, 0.5) is 0 Å². The van der Waals surface area contributed by atoms with Gasteiger partial charge in [0.2, 0.25) is 0 Å². The van der Waals surface area contributed by atoms with E-state index in [1.165, 1.54) is 12.8 Å². The summed E-state index contributed by atoms with van der Waals surface area (Å²) in [5, 5.41) is 0. The second-order valence-electron chi connectivity index (χ2n) is 3.12. The van der Waals surface area contributed by atoms with Gasteiger partial charge in [-0.3, -0.25) is 0 Å². The molecule has 2 heteroatoms. The topological polar surface area (TPSA) is 21.3 Å². The minimum absolute atomic E-state index is 0.784. The van der Waals surface area contributed by atoms with Gasteiger partial charge in [-0.25, -0.2) is 5.48 Å². The number of hydroxylamine groups is 1. The van der Waals surface area contributed by atoms with Gasteiger partial charge in [-0.1, -0.05) is 12.2 Å². The zero-order chi connectivity index (χ0) is 6.81. The van der Waals surface area contributed by atoms with E-state index in [-0.39, 0.29) is 0 Å². The highest BCUT2D eigenvalue weighted by Gasteiger charge is 2.25. The number of fused-ring (bicyclic) bond motifs is 1. The summed E-state index contributed by atoms with van der Waals surface area (Å²) in [5.74, 6) is 1.62. The van der Waals surface area contributed by atoms with E-state index in [1.54, 1.807) is 0 Å². The molecule has 0 radical (unpaired) electrons. The fourth-order valence-corrected chi connectivity index (χ4v) is 1.71. The van der Waals surface area contributed by atoms with Gasteiger partial charge in [0.1, 0.15) is 0 Å². The molecule has 10 heavy (non-hydrogen) atoms. The van der Waals surface area contributed by atoms with E-state index >= 15 is 0 Å². The van der Waals surface area contributed by atoms with Crippen LogP contribution < -0.4 is 5.48 Å². The van der Waals surface area contributed by atoms with Crippen molar-refractivity contribution in [1.29, 1.82) is 0 Å². The van der Waals surface area contributed by atoms with Crippen molar-refractivity contribution in [2.75, 3.05) is 13.2 Å². The molecule has 0 bridgehead atoms. The zero-order valence-electron chi connectivity index (χ0n) is 6.05. The smallest absolute Gasteiger partial charge is 0.0716 e. The molecule has 1 heterocycles. The molecule has 0 spiro atoms. The van der Waals surface area contributed by atoms with E-state index in [4.69, 9.17) is 4.84 Å². The highest BCUT2D eigenvalue weighted by molar-refractivity contribution is 4.95. The summed E-state index contributed by atoms with van der Waals surface area (Å²) in [6, 6.07) is 0. The molecule has 2 nitrogen and oxygen atoms in total. The summed E-state index contributed by atoms with van der Waals surface area (Å²) < 4.78 is 0. The normalized spacial score (nSPS) is 39.2. The van der Waals surface area contributed by atoms with Crippen LogP contribution in [0.15, 0.2) is 12.2 Å². The Kier molecular flexibility index (Phi) is 1.74. The van der Waals surface area contributed by atoms with Crippen LogP contribution in [0, 0.1) is 11.8 Å². The fraction of sp³-hybridized carbons (Fsp3) is 0.750. The summed E-state index contributed by atoms with van der Waals surface area (Å²) in [4.78, 5) is 5.16. The average molecular weight is 139 g/mol. The SMILES string of the molecule is C1=CCC2CONCC2C1. The molecule has 2 aliphatic rings. The Morgan fingerprint density at radius 2 is 2.00 bits per heavy atom. The van der Waals surface area contributed by atoms with E-state index < -0.39 is 0 Å². The van der Waals surface area contributed by atoms with Crippen molar-refractivity contribution in [3.05, 3.63) is 12.2 Å². The number of hydrogen-bond acceptors (Lipinski definition) is 2. The molecule has 2 rings (SSSR count). The zero-order valence-corrected chi connectivity index (χ0v) is 6.05. The van der Waals surface area contributed by atoms with Crippen molar-refractivity contribution in [2.24, 2.45) is 11.8 Å². The van der Waals surface area contributed by atoms with E-state index in [0.29, 0.717) is 0 Å². The molecule has 0 amide bonds. The Labute approximate surface area is 61.2 Å². The van der Waals surface area contributed by atoms with Gasteiger partial charge >= 0.3 is 0 Å². The molecule has 2 unspecified atom stereocenters. The van der Waals surface area contributed by atoms with Crippen molar-refractivity contribution >= 4 is 0 Å². The first kappa shape index (κ1) is 6.38. The molecule has 0 aromatic carbocycles. The predicted molar refractivity (Wildman–Crippen MR) is 39.3 cm³/mol. The van der Waals surface area contributed by atoms with Crippen LogP contribution in [-0.2, 0) is 4.84 Å². The van der Waals surface area contributed by atoms with Crippen LogP contribution in [0.25, 0.3) is 0 Å². The first-order chi connectivity index (χ1) is 4.97. The van der Waals surface area contributed by atoms with Crippen molar-refractivity contribution in [2.45, 2.75) is 12.8 Å². The summed E-state index contributed by atoms with van der Waals surface area (Å²) in [5.41, 5.74) is 2.95. The van der Waals surface area contributed by atoms with E-state index in [9.17, 15) is 0 Å². The van der Waals surface area contributed by atoms with Gasteiger partial charge in [-0.15, -0.1) is 0 Å². The molecule has 56 valence electrons. The molecular formula is C8H13NO. The number of rotatable bonds is 0. The molecule has 2 atom stereocenters. The number of allylic oxidation sites excluding steroid dienone is 2. The molecule has 1 saturated heterocycles. The molecular weight excluding hydrogens is 126 g/mol. The predicted octanol–water partition coefficient (Wildman–Crippen LogP) is 1.10. The Hall–Kier alpha value is -0.340. The maximum atomic E-state index is 5.16. The van der Waals surface area contributed by atoms with Crippen molar-refractivity contribution in [3.63, 3.8) is 0 Å². The number of nitrogens with one attached hydrogen (secondary N) is 1. The first-order valence-corrected chi connectivity index (χ1v) is 3.96. The highest BCUT2D eigenvalue weighted by Crippen LogP contribution is 2.26. The quantitative estimate of drug-likeness (QED) is 0.507. The molecule has 1 aliphatic heterocycles. The van der Waals surface area contributed by atoms with Crippen LogP contribution in [0.5, 0.6) is 0 Å². The Bertz CT molecular complexity index is 128. The summed E-state index contributed by atoms with van der Waals surface area (Å²) in [6.07, 6.45) is 7.01. The van der Waals surface area contributed by atoms with Crippen LogP contribution in [-0.4, -0.2) is 13.2 Å². The summed E-state index contributed by atoms with van der Waals surface area (Å²) >= 11 is 0. The van der Waals surface area contributed by atoms with Crippen molar-refractivity contribution in [1.82, 2.24) is 5.48 Å². The third-order valence-electron chi connectivity index (χ3n) is 2.46. The second kappa shape index (κ2) is 2.72. The largest absolute Gasteiger partial charge is 0.301 e.